The number of amidine groups is 1. The molecule has 74 valence electrons. The van der Waals surface area contributed by atoms with Crippen LogP contribution < -0.4 is 5.73 Å². The summed E-state index contributed by atoms with van der Waals surface area (Å²) in [6.07, 6.45) is 0. The number of fused-ring (bicyclic) bond motifs is 1. The van der Waals surface area contributed by atoms with Crippen LogP contribution in [0.25, 0.3) is 0 Å². The quantitative estimate of drug-likeness (QED) is 0.679. The second-order valence-corrected chi connectivity index (χ2v) is 3.55. The van der Waals surface area contributed by atoms with Gasteiger partial charge in [-0.05, 0) is 25.5 Å². The first-order valence-electron chi connectivity index (χ1n) is 4.27. The van der Waals surface area contributed by atoms with Gasteiger partial charge in [-0.3, -0.25) is 0 Å². The standard InChI is InChI=1S/C10H10F2N2/c1-5-3-6(2)8-7(4-5)10(11,12)9(13)14-8/h3-4H,1-2H3,(H2,13,14). The summed E-state index contributed by atoms with van der Waals surface area (Å²) in [6.45, 7) is 3.53. The molecule has 0 amide bonds. The van der Waals surface area contributed by atoms with Crippen molar-refractivity contribution in [2.75, 3.05) is 0 Å². The molecule has 1 aromatic carbocycles. The van der Waals surface area contributed by atoms with Crippen molar-refractivity contribution in [1.29, 1.82) is 0 Å². The van der Waals surface area contributed by atoms with Crippen molar-refractivity contribution in [1.82, 2.24) is 0 Å². The number of nitrogens with zero attached hydrogens (tertiary/aromatic N) is 1. The lowest BCUT2D eigenvalue weighted by molar-refractivity contribution is 0.0788. The lowest BCUT2D eigenvalue weighted by atomic mass is 10.0. The van der Waals surface area contributed by atoms with E-state index in [4.69, 9.17) is 5.73 Å². The van der Waals surface area contributed by atoms with Crippen LogP contribution in [-0.4, -0.2) is 5.84 Å². The van der Waals surface area contributed by atoms with Gasteiger partial charge in [0.2, 0.25) is 0 Å². The lowest BCUT2D eigenvalue weighted by Crippen LogP contribution is -2.29. The van der Waals surface area contributed by atoms with Gasteiger partial charge in [-0.25, -0.2) is 4.99 Å². The molecule has 0 fully saturated rings. The Hall–Kier alpha value is -1.45. The van der Waals surface area contributed by atoms with E-state index >= 15 is 0 Å². The summed E-state index contributed by atoms with van der Waals surface area (Å²) >= 11 is 0. The van der Waals surface area contributed by atoms with Crippen LogP contribution in [0.2, 0.25) is 0 Å². The van der Waals surface area contributed by atoms with E-state index < -0.39 is 11.8 Å². The molecule has 0 saturated heterocycles. The van der Waals surface area contributed by atoms with Crippen molar-refractivity contribution < 1.29 is 8.78 Å². The zero-order valence-electron chi connectivity index (χ0n) is 7.94. The van der Waals surface area contributed by atoms with Gasteiger partial charge in [0.1, 0.15) is 0 Å². The molecule has 0 saturated carbocycles. The van der Waals surface area contributed by atoms with Gasteiger partial charge >= 0.3 is 5.92 Å². The van der Waals surface area contributed by atoms with E-state index in [1.807, 2.05) is 6.07 Å². The van der Waals surface area contributed by atoms with Gasteiger partial charge in [0.15, 0.2) is 5.84 Å². The molecule has 1 aliphatic heterocycles. The molecule has 1 aliphatic rings. The zero-order valence-corrected chi connectivity index (χ0v) is 7.94. The van der Waals surface area contributed by atoms with Crippen LogP contribution in [0.5, 0.6) is 0 Å². The molecule has 1 heterocycles. The molecule has 0 radical (unpaired) electrons. The highest BCUT2D eigenvalue weighted by atomic mass is 19.3. The fraction of sp³-hybridized carbons (Fsp3) is 0.300. The summed E-state index contributed by atoms with van der Waals surface area (Å²) < 4.78 is 26.9. The number of alkyl halides is 2. The topological polar surface area (TPSA) is 38.4 Å². The molecule has 0 atom stereocenters. The monoisotopic (exact) mass is 196 g/mol. The van der Waals surface area contributed by atoms with E-state index in [2.05, 4.69) is 4.99 Å². The number of hydrogen-bond acceptors (Lipinski definition) is 2. The summed E-state index contributed by atoms with van der Waals surface area (Å²) in [4.78, 5) is 3.69. The number of benzene rings is 1. The van der Waals surface area contributed by atoms with Crippen molar-refractivity contribution in [3.8, 4) is 0 Å². The predicted molar refractivity (Wildman–Crippen MR) is 51.1 cm³/mol. The molecular weight excluding hydrogens is 186 g/mol. The number of hydrogen-bond donors (Lipinski definition) is 1. The van der Waals surface area contributed by atoms with Crippen LogP contribution >= 0.6 is 0 Å². The number of aryl methyl sites for hydroxylation is 2. The summed E-state index contributed by atoms with van der Waals surface area (Å²) in [5.41, 5.74) is 6.96. The SMILES string of the molecule is Cc1cc(C)c2c(c1)C(F)(F)C(N)=N2. The van der Waals surface area contributed by atoms with E-state index in [0.29, 0.717) is 5.69 Å². The summed E-state index contributed by atoms with van der Waals surface area (Å²) in [5.74, 6) is -3.72. The maximum atomic E-state index is 13.4. The van der Waals surface area contributed by atoms with Crippen molar-refractivity contribution in [2.24, 2.45) is 10.7 Å². The molecule has 0 spiro atoms. The highest BCUT2D eigenvalue weighted by Gasteiger charge is 2.43. The first-order valence-corrected chi connectivity index (χ1v) is 4.27. The van der Waals surface area contributed by atoms with E-state index in [9.17, 15) is 8.78 Å². The van der Waals surface area contributed by atoms with Crippen LogP contribution in [0.4, 0.5) is 14.5 Å². The van der Waals surface area contributed by atoms with Crippen LogP contribution in [0.1, 0.15) is 16.7 Å². The Kier molecular flexibility index (Phi) is 1.65. The van der Waals surface area contributed by atoms with Crippen LogP contribution in [0.15, 0.2) is 17.1 Å². The molecule has 2 nitrogen and oxygen atoms in total. The Labute approximate surface area is 80.5 Å². The average molecular weight is 196 g/mol. The Bertz CT molecular complexity index is 436. The third kappa shape index (κ3) is 1.03. The van der Waals surface area contributed by atoms with E-state index in [1.54, 1.807) is 13.8 Å². The molecule has 4 heteroatoms. The van der Waals surface area contributed by atoms with Gasteiger partial charge in [-0.2, -0.15) is 8.78 Å². The van der Waals surface area contributed by atoms with E-state index in [0.717, 1.165) is 11.1 Å². The van der Waals surface area contributed by atoms with Crippen molar-refractivity contribution in [3.05, 3.63) is 28.8 Å². The molecule has 0 aliphatic carbocycles. The lowest BCUT2D eigenvalue weighted by Gasteiger charge is -2.11. The molecule has 2 N–H and O–H groups in total. The third-order valence-electron chi connectivity index (χ3n) is 2.34. The van der Waals surface area contributed by atoms with Crippen molar-refractivity contribution in [2.45, 2.75) is 19.8 Å². The Balaban J connectivity index is 2.73. The molecule has 1 aromatic rings. The second-order valence-electron chi connectivity index (χ2n) is 3.55. The number of halogens is 2. The minimum absolute atomic E-state index is 0.0764. The number of rotatable bonds is 0. The Morgan fingerprint density at radius 3 is 2.57 bits per heavy atom. The van der Waals surface area contributed by atoms with Crippen LogP contribution in [0.3, 0.4) is 0 Å². The van der Waals surface area contributed by atoms with Gasteiger partial charge in [-0.15, -0.1) is 0 Å². The minimum atomic E-state index is -3.11. The van der Waals surface area contributed by atoms with Gasteiger partial charge in [0, 0.05) is 0 Å². The van der Waals surface area contributed by atoms with Gasteiger partial charge in [0.05, 0.1) is 11.3 Å². The maximum absolute atomic E-state index is 13.4. The third-order valence-corrected chi connectivity index (χ3v) is 2.34. The van der Waals surface area contributed by atoms with Crippen molar-refractivity contribution in [3.63, 3.8) is 0 Å². The van der Waals surface area contributed by atoms with E-state index in [-0.39, 0.29) is 5.56 Å². The zero-order chi connectivity index (χ0) is 10.5. The maximum Gasteiger partial charge on any atom is 0.331 e. The summed E-state index contributed by atoms with van der Waals surface area (Å²) in [6, 6.07) is 3.25. The highest BCUT2D eigenvalue weighted by Crippen LogP contribution is 2.43. The minimum Gasteiger partial charge on any atom is -0.382 e. The van der Waals surface area contributed by atoms with Gasteiger partial charge < -0.3 is 5.73 Å². The number of aliphatic imine (C=N–C) groups is 1. The summed E-state index contributed by atoms with van der Waals surface area (Å²) in [5, 5.41) is 0. The smallest absolute Gasteiger partial charge is 0.331 e. The molecule has 14 heavy (non-hydrogen) atoms. The first kappa shape index (κ1) is 9.12. The average Bonchev–Trinajstić information content (AvgIpc) is 2.28. The molecule has 0 bridgehead atoms. The Morgan fingerprint density at radius 2 is 1.93 bits per heavy atom. The second kappa shape index (κ2) is 2.53. The molecule has 0 unspecified atom stereocenters. The molecule has 0 aromatic heterocycles. The van der Waals surface area contributed by atoms with Crippen molar-refractivity contribution >= 4 is 11.5 Å². The van der Waals surface area contributed by atoms with E-state index in [1.165, 1.54) is 6.07 Å². The molecular formula is C10H10F2N2. The van der Waals surface area contributed by atoms with Crippen LogP contribution in [0, 0.1) is 13.8 Å². The Morgan fingerprint density at radius 1 is 1.29 bits per heavy atom. The highest BCUT2D eigenvalue weighted by molar-refractivity contribution is 5.97. The fourth-order valence-corrected chi connectivity index (χ4v) is 1.68. The first-order chi connectivity index (χ1) is 6.43. The van der Waals surface area contributed by atoms with Crippen LogP contribution in [-0.2, 0) is 5.92 Å². The summed E-state index contributed by atoms with van der Waals surface area (Å²) in [7, 11) is 0. The predicted octanol–water partition coefficient (Wildman–Crippen LogP) is 2.40. The van der Waals surface area contributed by atoms with Gasteiger partial charge in [0.25, 0.3) is 0 Å². The largest absolute Gasteiger partial charge is 0.382 e. The van der Waals surface area contributed by atoms with Gasteiger partial charge in [-0.1, -0.05) is 11.6 Å². The fourth-order valence-electron chi connectivity index (χ4n) is 1.68. The molecule has 2 rings (SSSR count). The normalized spacial score (nSPS) is 17.9. The number of nitrogens with two attached hydrogens (primary N) is 1.